The largest absolute Gasteiger partial charge is 0.338 e. The molecule has 1 aromatic carbocycles. The summed E-state index contributed by atoms with van der Waals surface area (Å²) >= 11 is 0. The summed E-state index contributed by atoms with van der Waals surface area (Å²) in [6.07, 6.45) is 0.605. The number of nitrogens with one attached hydrogen (secondary N) is 2. The molecular weight excluding hydrogens is 302 g/mol. The average molecular weight is 321 g/mol. The predicted molar refractivity (Wildman–Crippen MR) is 82.9 cm³/mol. The van der Waals surface area contributed by atoms with Gasteiger partial charge >= 0.3 is 6.03 Å². The van der Waals surface area contributed by atoms with Crippen LogP contribution >= 0.6 is 0 Å². The molecule has 0 aromatic heterocycles. The van der Waals surface area contributed by atoms with E-state index >= 15 is 0 Å². The minimum atomic E-state index is -2.91. The van der Waals surface area contributed by atoms with Crippen LogP contribution in [0.15, 0.2) is 24.3 Å². The molecule has 0 aliphatic carbocycles. The summed E-state index contributed by atoms with van der Waals surface area (Å²) in [4.78, 5) is 11.8. The minimum Gasteiger partial charge on any atom is -0.338 e. The quantitative estimate of drug-likeness (QED) is 0.874. The Balaban J connectivity index is 1.80. The molecule has 2 amide bonds. The first-order chi connectivity index (χ1) is 10.4. The first-order valence-electron chi connectivity index (χ1n) is 7.14. The molecule has 0 radical (unpaired) electrons. The zero-order valence-electron chi connectivity index (χ0n) is 12.4. The Kier molecular flexibility index (Phi) is 5.03. The number of hydrogen-bond acceptors (Lipinski definition) is 4. The molecule has 1 aromatic rings. The number of hydrogen-bond donors (Lipinski definition) is 2. The number of nitrogens with zero attached hydrogens (tertiary/aromatic N) is 1. The van der Waals surface area contributed by atoms with Crippen LogP contribution in [-0.4, -0.2) is 32.5 Å². The summed E-state index contributed by atoms with van der Waals surface area (Å²) in [6, 6.07) is 8.53. The van der Waals surface area contributed by atoms with E-state index in [4.69, 9.17) is 5.26 Å². The predicted octanol–water partition coefficient (Wildman–Crippen LogP) is 1.35. The van der Waals surface area contributed by atoms with Crippen molar-refractivity contribution in [3.05, 3.63) is 35.4 Å². The van der Waals surface area contributed by atoms with E-state index in [2.05, 4.69) is 10.6 Å². The van der Waals surface area contributed by atoms with Crippen LogP contribution < -0.4 is 10.6 Å². The number of carbonyl (C=O) groups excluding carboxylic acids is 1. The Morgan fingerprint density at radius 2 is 2.09 bits per heavy atom. The molecule has 1 aliphatic heterocycles. The van der Waals surface area contributed by atoms with Crippen molar-refractivity contribution in [1.82, 2.24) is 10.6 Å². The molecule has 6 nitrogen and oxygen atoms in total. The van der Waals surface area contributed by atoms with Gasteiger partial charge in [-0.15, -0.1) is 0 Å². The van der Waals surface area contributed by atoms with Gasteiger partial charge in [0.15, 0.2) is 9.84 Å². The van der Waals surface area contributed by atoms with Crippen molar-refractivity contribution >= 4 is 15.9 Å². The summed E-state index contributed by atoms with van der Waals surface area (Å²) in [6.45, 7) is 2.21. The fourth-order valence-corrected chi connectivity index (χ4v) is 4.31. The molecule has 1 saturated heterocycles. The molecule has 7 heteroatoms. The molecule has 118 valence electrons. The lowest BCUT2D eigenvalue weighted by Crippen LogP contribution is -2.39. The lowest BCUT2D eigenvalue weighted by atomic mass is 10.1. The summed E-state index contributed by atoms with van der Waals surface area (Å²) < 4.78 is 22.7. The third kappa shape index (κ3) is 4.46. The molecule has 2 N–H and O–H groups in total. The van der Waals surface area contributed by atoms with Crippen molar-refractivity contribution in [2.75, 3.05) is 18.1 Å². The van der Waals surface area contributed by atoms with E-state index in [1.54, 1.807) is 24.3 Å². The number of carbonyl (C=O) groups is 1. The topological polar surface area (TPSA) is 99.1 Å². The maximum atomic E-state index is 11.8. The number of nitriles is 1. The Hall–Kier alpha value is -2.07. The van der Waals surface area contributed by atoms with E-state index < -0.39 is 9.84 Å². The maximum absolute atomic E-state index is 11.8. The molecule has 0 bridgehead atoms. The van der Waals surface area contributed by atoms with Crippen molar-refractivity contribution in [2.24, 2.45) is 5.92 Å². The molecule has 0 saturated carbocycles. The van der Waals surface area contributed by atoms with Gasteiger partial charge in [-0.1, -0.05) is 12.1 Å². The van der Waals surface area contributed by atoms with Crippen LogP contribution in [0.25, 0.3) is 0 Å². The highest BCUT2D eigenvalue weighted by molar-refractivity contribution is 7.91. The Labute approximate surface area is 130 Å². The van der Waals surface area contributed by atoms with Crippen LogP contribution in [0.3, 0.4) is 0 Å². The van der Waals surface area contributed by atoms with Crippen molar-refractivity contribution in [3.8, 4) is 6.07 Å². The van der Waals surface area contributed by atoms with Crippen LogP contribution in [0.2, 0.25) is 0 Å². The summed E-state index contributed by atoms with van der Waals surface area (Å²) in [5.41, 5.74) is 1.47. The third-order valence-corrected chi connectivity index (χ3v) is 5.60. The second-order valence-electron chi connectivity index (χ2n) is 5.58. The van der Waals surface area contributed by atoms with Crippen LogP contribution in [0.4, 0.5) is 4.79 Å². The Morgan fingerprint density at radius 3 is 2.64 bits per heavy atom. The smallest absolute Gasteiger partial charge is 0.315 e. The number of benzene rings is 1. The molecule has 1 aliphatic rings. The lowest BCUT2D eigenvalue weighted by Gasteiger charge is -2.16. The van der Waals surface area contributed by atoms with Gasteiger partial charge in [0.05, 0.1) is 29.2 Å². The van der Waals surface area contributed by atoms with Gasteiger partial charge in [0.2, 0.25) is 0 Å². The summed E-state index contributed by atoms with van der Waals surface area (Å²) in [5, 5.41) is 14.3. The zero-order chi connectivity index (χ0) is 16.2. The van der Waals surface area contributed by atoms with Crippen LogP contribution in [0.5, 0.6) is 0 Å². The van der Waals surface area contributed by atoms with Gasteiger partial charge in [0.25, 0.3) is 0 Å². The maximum Gasteiger partial charge on any atom is 0.315 e. The summed E-state index contributed by atoms with van der Waals surface area (Å²) in [7, 11) is -2.91. The van der Waals surface area contributed by atoms with Crippen molar-refractivity contribution in [2.45, 2.75) is 19.4 Å². The SMILES string of the molecule is C[C@@H](NC(=O)NC[C@H]1CCS(=O)(=O)C1)c1ccc(C#N)cc1. The van der Waals surface area contributed by atoms with Gasteiger partial charge < -0.3 is 10.6 Å². The number of amides is 2. The van der Waals surface area contributed by atoms with Crippen molar-refractivity contribution in [1.29, 1.82) is 5.26 Å². The summed E-state index contributed by atoms with van der Waals surface area (Å²) in [5.74, 6) is 0.363. The van der Waals surface area contributed by atoms with Crippen molar-refractivity contribution in [3.63, 3.8) is 0 Å². The van der Waals surface area contributed by atoms with Crippen LogP contribution in [0, 0.1) is 17.2 Å². The van der Waals surface area contributed by atoms with Gasteiger partial charge in [0.1, 0.15) is 0 Å². The first kappa shape index (κ1) is 16.3. The highest BCUT2D eigenvalue weighted by Crippen LogP contribution is 2.17. The number of sulfone groups is 1. The third-order valence-electron chi connectivity index (χ3n) is 3.77. The van der Waals surface area contributed by atoms with Crippen LogP contribution in [-0.2, 0) is 9.84 Å². The number of urea groups is 1. The van der Waals surface area contributed by atoms with Crippen LogP contribution in [0.1, 0.15) is 30.5 Å². The van der Waals surface area contributed by atoms with E-state index in [1.807, 2.05) is 13.0 Å². The molecular formula is C15H19N3O3S. The number of rotatable bonds is 4. The Morgan fingerprint density at radius 1 is 1.41 bits per heavy atom. The molecule has 1 fully saturated rings. The second kappa shape index (κ2) is 6.79. The highest BCUT2D eigenvalue weighted by Gasteiger charge is 2.27. The Bertz CT molecular complexity index is 677. The normalized spacial score (nSPS) is 20.8. The fraction of sp³-hybridized carbons (Fsp3) is 0.467. The molecule has 0 unspecified atom stereocenters. The molecule has 2 rings (SSSR count). The first-order valence-corrected chi connectivity index (χ1v) is 8.96. The van der Waals surface area contributed by atoms with Gasteiger partial charge in [-0.25, -0.2) is 13.2 Å². The van der Waals surface area contributed by atoms with E-state index in [0.717, 1.165) is 5.56 Å². The second-order valence-corrected chi connectivity index (χ2v) is 7.81. The monoisotopic (exact) mass is 321 g/mol. The molecule has 0 spiro atoms. The van der Waals surface area contributed by atoms with Crippen molar-refractivity contribution < 1.29 is 13.2 Å². The fourth-order valence-electron chi connectivity index (χ4n) is 2.45. The van der Waals surface area contributed by atoms with E-state index in [0.29, 0.717) is 18.5 Å². The zero-order valence-corrected chi connectivity index (χ0v) is 13.2. The molecule has 2 atom stereocenters. The van der Waals surface area contributed by atoms with Gasteiger partial charge in [-0.05, 0) is 37.0 Å². The van der Waals surface area contributed by atoms with E-state index in [-0.39, 0.29) is 29.5 Å². The van der Waals surface area contributed by atoms with Gasteiger partial charge in [-0.3, -0.25) is 0 Å². The molecule has 1 heterocycles. The van der Waals surface area contributed by atoms with E-state index in [1.165, 1.54) is 0 Å². The standard InChI is InChI=1S/C15H19N3O3S/c1-11(14-4-2-12(8-16)3-5-14)18-15(19)17-9-13-6-7-22(20,21)10-13/h2-5,11,13H,6-7,9-10H2,1H3,(H2,17,18,19)/t11-,13-/m1/s1. The average Bonchev–Trinajstić information content (AvgIpc) is 2.84. The molecule has 22 heavy (non-hydrogen) atoms. The highest BCUT2D eigenvalue weighted by atomic mass is 32.2. The van der Waals surface area contributed by atoms with E-state index in [9.17, 15) is 13.2 Å². The van der Waals surface area contributed by atoms with Gasteiger partial charge in [-0.2, -0.15) is 5.26 Å². The van der Waals surface area contributed by atoms with Gasteiger partial charge in [0, 0.05) is 6.54 Å². The minimum absolute atomic E-state index is 0.000896. The lowest BCUT2D eigenvalue weighted by molar-refractivity contribution is 0.236.